The molecule has 0 saturated carbocycles. The molecule has 0 bridgehead atoms. The molecule has 5 heteroatoms. The van der Waals surface area contributed by atoms with Gasteiger partial charge in [-0.25, -0.2) is 0 Å². The molecule has 0 saturated heterocycles. The lowest BCUT2D eigenvalue weighted by Crippen LogP contribution is -1.97. The highest BCUT2D eigenvalue weighted by atomic mass is 79.9. The molecule has 2 N–H and O–H groups in total. The van der Waals surface area contributed by atoms with Crippen molar-refractivity contribution in [3.63, 3.8) is 0 Å². The van der Waals surface area contributed by atoms with E-state index >= 15 is 0 Å². The van der Waals surface area contributed by atoms with Gasteiger partial charge in [-0.15, -0.1) is 0 Å². The smallest absolute Gasteiger partial charge is 0.0574 e. The van der Waals surface area contributed by atoms with Gasteiger partial charge in [0.05, 0.1) is 16.6 Å². The Labute approximate surface area is 125 Å². The largest absolute Gasteiger partial charge is 0.399 e. The summed E-state index contributed by atoms with van der Waals surface area (Å²) < 4.78 is 14.1. The monoisotopic (exact) mass is 387 g/mol. The number of rotatable bonds is 3. The number of anilines is 1. The van der Waals surface area contributed by atoms with Gasteiger partial charge in [0.2, 0.25) is 0 Å². The fourth-order valence-corrected chi connectivity index (χ4v) is 3.48. The van der Waals surface area contributed by atoms with Crippen molar-refractivity contribution in [3.05, 3.63) is 57.0 Å². The van der Waals surface area contributed by atoms with Crippen molar-refractivity contribution >= 4 is 48.3 Å². The molecule has 2 nitrogen and oxygen atoms in total. The minimum atomic E-state index is -1.06. The standard InChI is InChI=1S/C13H11Br2NOS/c14-10-1-3-13(4-2-10)18(17)8-9-5-11(15)7-12(16)6-9/h1-7H,8,16H2. The van der Waals surface area contributed by atoms with E-state index in [2.05, 4.69) is 31.9 Å². The maximum absolute atomic E-state index is 12.2. The third-order valence-electron chi connectivity index (χ3n) is 2.35. The average Bonchev–Trinajstić information content (AvgIpc) is 2.28. The van der Waals surface area contributed by atoms with Crippen LogP contribution in [-0.2, 0) is 16.6 Å². The van der Waals surface area contributed by atoms with Gasteiger partial charge in [0.15, 0.2) is 0 Å². The summed E-state index contributed by atoms with van der Waals surface area (Å²) in [6, 6.07) is 13.1. The molecular formula is C13H11Br2NOS. The van der Waals surface area contributed by atoms with Crippen molar-refractivity contribution in [1.29, 1.82) is 0 Å². The highest BCUT2D eigenvalue weighted by Gasteiger charge is 2.06. The normalized spacial score (nSPS) is 12.3. The molecule has 0 aliphatic carbocycles. The first kappa shape index (κ1) is 13.8. The van der Waals surface area contributed by atoms with Gasteiger partial charge in [0, 0.05) is 19.5 Å². The average molecular weight is 389 g/mol. The Morgan fingerprint density at radius 3 is 2.28 bits per heavy atom. The second-order valence-corrected chi connectivity index (χ2v) is 7.12. The molecule has 0 fully saturated rings. The first-order valence-corrected chi connectivity index (χ1v) is 8.14. The molecule has 0 spiro atoms. The summed E-state index contributed by atoms with van der Waals surface area (Å²) >= 11 is 6.74. The third kappa shape index (κ3) is 3.67. The lowest BCUT2D eigenvalue weighted by Gasteiger charge is -2.05. The van der Waals surface area contributed by atoms with Crippen LogP contribution in [0.5, 0.6) is 0 Å². The fourth-order valence-electron chi connectivity index (χ4n) is 1.58. The number of nitrogens with two attached hydrogens (primary N) is 1. The lowest BCUT2D eigenvalue weighted by molar-refractivity contribution is 0.682. The predicted molar refractivity (Wildman–Crippen MR) is 82.8 cm³/mol. The Balaban J connectivity index is 2.18. The summed E-state index contributed by atoms with van der Waals surface area (Å²) in [6.07, 6.45) is 0. The molecule has 0 heterocycles. The van der Waals surface area contributed by atoms with Crippen LogP contribution in [0.25, 0.3) is 0 Å². The number of nitrogen functional groups attached to an aromatic ring is 1. The number of halogens is 2. The molecule has 2 aromatic carbocycles. The van der Waals surface area contributed by atoms with Crippen LogP contribution in [0.2, 0.25) is 0 Å². The van der Waals surface area contributed by atoms with Gasteiger partial charge in [0.25, 0.3) is 0 Å². The molecule has 0 aliphatic rings. The Morgan fingerprint density at radius 2 is 1.67 bits per heavy atom. The van der Waals surface area contributed by atoms with Crippen molar-refractivity contribution in [2.24, 2.45) is 0 Å². The van der Waals surface area contributed by atoms with E-state index in [1.165, 1.54) is 0 Å². The van der Waals surface area contributed by atoms with Crippen molar-refractivity contribution in [3.8, 4) is 0 Å². The quantitative estimate of drug-likeness (QED) is 0.804. The van der Waals surface area contributed by atoms with Gasteiger partial charge < -0.3 is 5.73 Å². The van der Waals surface area contributed by atoms with E-state index in [-0.39, 0.29) is 0 Å². The molecule has 18 heavy (non-hydrogen) atoms. The highest BCUT2D eigenvalue weighted by Crippen LogP contribution is 2.21. The first-order chi connectivity index (χ1) is 8.54. The molecule has 0 aromatic heterocycles. The SMILES string of the molecule is Nc1cc(Br)cc(CS(=O)c2ccc(Br)cc2)c1. The minimum absolute atomic E-state index is 0.464. The molecule has 0 amide bonds. The molecule has 0 radical (unpaired) electrons. The van der Waals surface area contributed by atoms with Gasteiger partial charge in [0.1, 0.15) is 0 Å². The van der Waals surface area contributed by atoms with E-state index in [0.717, 1.165) is 19.4 Å². The molecule has 0 aliphatic heterocycles. The van der Waals surface area contributed by atoms with Crippen molar-refractivity contribution in [2.45, 2.75) is 10.6 Å². The van der Waals surface area contributed by atoms with Crippen molar-refractivity contribution < 1.29 is 4.21 Å². The van der Waals surface area contributed by atoms with Crippen LogP contribution < -0.4 is 5.73 Å². The third-order valence-corrected chi connectivity index (χ3v) is 4.73. The Bertz CT molecular complexity index is 564. The van der Waals surface area contributed by atoms with Crippen LogP contribution in [0.15, 0.2) is 56.3 Å². The first-order valence-electron chi connectivity index (χ1n) is 5.23. The topological polar surface area (TPSA) is 43.1 Å². The molecule has 1 unspecified atom stereocenters. The maximum Gasteiger partial charge on any atom is 0.0574 e. The van der Waals surface area contributed by atoms with Crippen molar-refractivity contribution in [2.75, 3.05) is 5.73 Å². The van der Waals surface area contributed by atoms with E-state index in [9.17, 15) is 4.21 Å². The van der Waals surface area contributed by atoms with Crippen LogP contribution in [0, 0.1) is 0 Å². The summed E-state index contributed by atoms with van der Waals surface area (Å²) in [6.45, 7) is 0. The van der Waals surface area contributed by atoms with Crippen LogP contribution in [0.4, 0.5) is 5.69 Å². The summed E-state index contributed by atoms with van der Waals surface area (Å²) in [5.74, 6) is 0.464. The number of hydrogen-bond donors (Lipinski definition) is 1. The summed E-state index contributed by atoms with van der Waals surface area (Å²) in [5, 5.41) is 0. The fraction of sp³-hybridized carbons (Fsp3) is 0.0769. The van der Waals surface area contributed by atoms with Gasteiger partial charge in [-0.1, -0.05) is 31.9 Å². The maximum atomic E-state index is 12.2. The Morgan fingerprint density at radius 1 is 1.00 bits per heavy atom. The molecule has 1 atom stereocenters. The van der Waals surface area contributed by atoms with Crippen molar-refractivity contribution in [1.82, 2.24) is 0 Å². The summed E-state index contributed by atoms with van der Waals surface area (Å²) in [5.41, 5.74) is 7.39. The molecule has 2 aromatic rings. The zero-order valence-corrected chi connectivity index (χ0v) is 13.4. The Kier molecular flexibility index (Phi) is 4.59. The highest BCUT2D eigenvalue weighted by molar-refractivity contribution is 9.10. The van der Waals surface area contributed by atoms with Crippen LogP contribution in [0.1, 0.15) is 5.56 Å². The lowest BCUT2D eigenvalue weighted by atomic mass is 10.2. The van der Waals surface area contributed by atoms with Crippen LogP contribution >= 0.6 is 31.9 Å². The van der Waals surface area contributed by atoms with Gasteiger partial charge >= 0.3 is 0 Å². The van der Waals surface area contributed by atoms with E-state index in [1.807, 2.05) is 42.5 Å². The van der Waals surface area contributed by atoms with E-state index < -0.39 is 10.8 Å². The molecular weight excluding hydrogens is 378 g/mol. The zero-order valence-electron chi connectivity index (χ0n) is 9.40. The second-order valence-electron chi connectivity index (χ2n) is 3.84. The predicted octanol–water partition coefficient (Wildman–Crippen LogP) is 4.10. The van der Waals surface area contributed by atoms with E-state index in [0.29, 0.717) is 11.4 Å². The zero-order chi connectivity index (χ0) is 13.1. The van der Waals surface area contributed by atoms with Gasteiger partial charge in [-0.05, 0) is 48.0 Å². The van der Waals surface area contributed by atoms with Gasteiger partial charge in [-0.2, -0.15) is 0 Å². The van der Waals surface area contributed by atoms with Crippen LogP contribution in [0.3, 0.4) is 0 Å². The van der Waals surface area contributed by atoms with Crippen LogP contribution in [-0.4, -0.2) is 4.21 Å². The summed E-state index contributed by atoms with van der Waals surface area (Å²) in [4.78, 5) is 0.816. The second kappa shape index (κ2) is 5.99. The summed E-state index contributed by atoms with van der Waals surface area (Å²) in [7, 11) is -1.06. The Hall–Kier alpha value is -0.650. The van der Waals surface area contributed by atoms with E-state index in [4.69, 9.17) is 5.73 Å². The minimum Gasteiger partial charge on any atom is -0.399 e. The molecule has 94 valence electrons. The number of hydrogen-bond acceptors (Lipinski definition) is 2. The number of benzene rings is 2. The van der Waals surface area contributed by atoms with E-state index in [1.54, 1.807) is 0 Å². The molecule has 2 rings (SSSR count). The van der Waals surface area contributed by atoms with Gasteiger partial charge in [-0.3, -0.25) is 4.21 Å².